The van der Waals surface area contributed by atoms with Crippen LogP contribution in [0.15, 0.2) is 39.9 Å². The fraction of sp³-hybridized carbons (Fsp3) is 0.214. The standard InChI is InChI=1S/C14H16N2OS2/c1-10-11(15)4-2-5-12(10)16-13(17)7-9-19-14-6-3-8-18-14/h2-6,8H,7,9,15H2,1H3,(H,16,17). The Morgan fingerprint density at radius 3 is 2.95 bits per heavy atom. The number of hydrogen-bond donors (Lipinski definition) is 2. The summed E-state index contributed by atoms with van der Waals surface area (Å²) < 4.78 is 1.24. The molecular formula is C14H16N2OS2. The van der Waals surface area contributed by atoms with Crippen molar-refractivity contribution in [2.45, 2.75) is 17.6 Å². The molecule has 1 amide bonds. The second kappa shape index (κ2) is 6.63. The smallest absolute Gasteiger partial charge is 0.225 e. The number of anilines is 2. The van der Waals surface area contributed by atoms with E-state index < -0.39 is 0 Å². The number of carbonyl (C=O) groups is 1. The van der Waals surface area contributed by atoms with Crippen molar-refractivity contribution < 1.29 is 4.79 Å². The van der Waals surface area contributed by atoms with Crippen LogP contribution in [0.4, 0.5) is 11.4 Å². The van der Waals surface area contributed by atoms with Crippen LogP contribution in [0.25, 0.3) is 0 Å². The van der Waals surface area contributed by atoms with Gasteiger partial charge in [0.05, 0.1) is 4.21 Å². The van der Waals surface area contributed by atoms with Crippen molar-refractivity contribution in [2.24, 2.45) is 0 Å². The molecule has 0 saturated heterocycles. The van der Waals surface area contributed by atoms with Gasteiger partial charge in [-0.25, -0.2) is 0 Å². The zero-order valence-electron chi connectivity index (χ0n) is 10.7. The third kappa shape index (κ3) is 4.01. The maximum absolute atomic E-state index is 11.8. The van der Waals surface area contributed by atoms with Crippen LogP contribution in [0.3, 0.4) is 0 Å². The fourth-order valence-corrected chi connectivity index (χ4v) is 3.39. The Morgan fingerprint density at radius 1 is 1.37 bits per heavy atom. The largest absolute Gasteiger partial charge is 0.398 e. The molecule has 0 saturated carbocycles. The van der Waals surface area contributed by atoms with E-state index in [4.69, 9.17) is 5.73 Å². The summed E-state index contributed by atoms with van der Waals surface area (Å²) in [4.78, 5) is 11.8. The highest BCUT2D eigenvalue weighted by atomic mass is 32.2. The molecule has 3 nitrogen and oxygen atoms in total. The van der Waals surface area contributed by atoms with Crippen LogP contribution in [0, 0.1) is 6.92 Å². The van der Waals surface area contributed by atoms with Gasteiger partial charge in [-0.2, -0.15) is 0 Å². The SMILES string of the molecule is Cc1c(N)cccc1NC(=O)CCSc1cccs1. The number of hydrogen-bond acceptors (Lipinski definition) is 4. The van der Waals surface area contributed by atoms with E-state index in [9.17, 15) is 4.79 Å². The normalized spacial score (nSPS) is 10.4. The molecular weight excluding hydrogens is 276 g/mol. The van der Waals surface area contributed by atoms with Crippen LogP contribution in [-0.2, 0) is 4.79 Å². The molecule has 2 aromatic rings. The van der Waals surface area contributed by atoms with Gasteiger partial charge in [-0.15, -0.1) is 23.1 Å². The Morgan fingerprint density at radius 2 is 2.21 bits per heavy atom. The van der Waals surface area contributed by atoms with Crippen LogP contribution >= 0.6 is 23.1 Å². The van der Waals surface area contributed by atoms with Gasteiger partial charge < -0.3 is 11.1 Å². The molecule has 0 radical (unpaired) electrons. The number of nitrogens with two attached hydrogens (primary N) is 1. The summed E-state index contributed by atoms with van der Waals surface area (Å²) in [5, 5.41) is 4.94. The summed E-state index contributed by atoms with van der Waals surface area (Å²) in [7, 11) is 0. The number of carbonyl (C=O) groups excluding carboxylic acids is 1. The monoisotopic (exact) mass is 292 g/mol. The van der Waals surface area contributed by atoms with Crippen LogP contribution in [-0.4, -0.2) is 11.7 Å². The molecule has 19 heavy (non-hydrogen) atoms. The number of nitrogen functional groups attached to an aromatic ring is 1. The van der Waals surface area contributed by atoms with E-state index in [2.05, 4.69) is 11.4 Å². The lowest BCUT2D eigenvalue weighted by Gasteiger charge is -2.09. The van der Waals surface area contributed by atoms with Gasteiger partial charge in [-0.05, 0) is 36.1 Å². The highest BCUT2D eigenvalue weighted by molar-refractivity contribution is 8.01. The predicted octanol–water partition coefficient (Wildman–Crippen LogP) is 3.76. The lowest BCUT2D eigenvalue weighted by molar-refractivity contribution is -0.115. The number of nitrogens with one attached hydrogen (secondary N) is 1. The maximum atomic E-state index is 11.8. The summed E-state index contributed by atoms with van der Waals surface area (Å²) >= 11 is 3.40. The zero-order chi connectivity index (χ0) is 13.7. The number of benzene rings is 1. The second-order valence-corrected chi connectivity index (χ2v) is 6.44. The fourth-order valence-electron chi connectivity index (χ4n) is 1.59. The molecule has 2 rings (SSSR count). The van der Waals surface area contributed by atoms with Gasteiger partial charge in [-0.3, -0.25) is 4.79 Å². The van der Waals surface area contributed by atoms with E-state index >= 15 is 0 Å². The summed E-state index contributed by atoms with van der Waals surface area (Å²) in [5.41, 5.74) is 8.22. The zero-order valence-corrected chi connectivity index (χ0v) is 12.3. The van der Waals surface area contributed by atoms with Crippen LogP contribution < -0.4 is 11.1 Å². The Kier molecular flexibility index (Phi) is 4.87. The molecule has 0 unspecified atom stereocenters. The van der Waals surface area contributed by atoms with E-state index in [-0.39, 0.29) is 5.91 Å². The molecule has 3 N–H and O–H groups in total. The third-order valence-electron chi connectivity index (χ3n) is 2.72. The molecule has 0 aliphatic carbocycles. The van der Waals surface area contributed by atoms with E-state index in [1.807, 2.05) is 36.6 Å². The van der Waals surface area contributed by atoms with Gasteiger partial charge in [0.15, 0.2) is 0 Å². The summed E-state index contributed by atoms with van der Waals surface area (Å²) in [6, 6.07) is 9.63. The van der Waals surface area contributed by atoms with Crippen LogP contribution in [0.2, 0.25) is 0 Å². The van der Waals surface area contributed by atoms with Crippen molar-refractivity contribution in [1.29, 1.82) is 0 Å². The van der Waals surface area contributed by atoms with E-state index in [1.54, 1.807) is 23.1 Å². The average molecular weight is 292 g/mol. The van der Waals surface area contributed by atoms with Crippen molar-refractivity contribution in [1.82, 2.24) is 0 Å². The van der Waals surface area contributed by atoms with E-state index in [0.29, 0.717) is 12.1 Å². The first-order valence-electron chi connectivity index (χ1n) is 5.98. The van der Waals surface area contributed by atoms with Crippen LogP contribution in [0.1, 0.15) is 12.0 Å². The van der Waals surface area contributed by atoms with Gasteiger partial charge in [-0.1, -0.05) is 12.1 Å². The number of thiophene rings is 1. The van der Waals surface area contributed by atoms with Crippen molar-refractivity contribution >= 4 is 40.4 Å². The first-order valence-corrected chi connectivity index (χ1v) is 7.84. The summed E-state index contributed by atoms with van der Waals surface area (Å²) in [5.74, 6) is 0.811. The Bertz CT molecular complexity index is 553. The average Bonchev–Trinajstić information content (AvgIpc) is 2.88. The Hall–Kier alpha value is -1.46. The quantitative estimate of drug-likeness (QED) is 0.651. The first kappa shape index (κ1) is 14.0. The topological polar surface area (TPSA) is 55.1 Å². The summed E-state index contributed by atoms with van der Waals surface area (Å²) in [6.45, 7) is 1.91. The minimum Gasteiger partial charge on any atom is -0.398 e. The number of rotatable bonds is 5. The van der Waals surface area contributed by atoms with Gasteiger partial charge >= 0.3 is 0 Å². The Labute approximate surface area is 121 Å². The molecule has 0 spiro atoms. The molecule has 0 aliphatic rings. The maximum Gasteiger partial charge on any atom is 0.225 e. The lowest BCUT2D eigenvalue weighted by atomic mass is 10.1. The molecule has 1 heterocycles. The minimum atomic E-state index is 0.0257. The molecule has 0 fully saturated rings. The molecule has 1 aromatic carbocycles. The molecule has 100 valence electrons. The third-order valence-corrected chi connectivity index (χ3v) is 4.85. The number of amides is 1. The molecule has 1 aromatic heterocycles. The van der Waals surface area contributed by atoms with Gasteiger partial charge in [0.1, 0.15) is 0 Å². The highest BCUT2D eigenvalue weighted by Crippen LogP contribution is 2.24. The van der Waals surface area contributed by atoms with E-state index in [1.165, 1.54) is 4.21 Å². The van der Waals surface area contributed by atoms with Crippen molar-refractivity contribution in [3.8, 4) is 0 Å². The highest BCUT2D eigenvalue weighted by Gasteiger charge is 2.06. The van der Waals surface area contributed by atoms with E-state index in [0.717, 1.165) is 17.0 Å². The van der Waals surface area contributed by atoms with Gasteiger partial charge in [0.25, 0.3) is 0 Å². The van der Waals surface area contributed by atoms with Gasteiger partial charge in [0, 0.05) is 23.5 Å². The lowest BCUT2D eigenvalue weighted by Crippen LogP contribution is -2.13. The predicted molar refractivity (Wildman–Crippen MR) is 83.9 cm³/mol. The van der Waals surface area contributed by atoms with Gasteiger partial charge in [0.2, 0.25) is 5.91 Å². The van der Waals surface area contributed by atoms with Crippen molar-refractivity contribution in [3.05, 3.63) is 41.3 Å². The number of thioether (sulfide) groups is 1. The Balaban J connectivity index is 1.82. The van der Waals surface area contributed by atoms with Crippen molar-refractivity contribution in [2.75, 3.05) is 16.8 Å². The molecule has 5 heteroatoms. The molecule has 0 bridgehead atoms. The second-order valence-electron chi connectivity index (χ2n) is 4.10. The van der Waals surface area contributed by atoms with Crippen LogP contribution in [0.5, 0.6) is 0 Å². The molecule has 0 aliphatic heterocycles. The first-order chi connectivity index (χ1) is 9.16. The van der Waals surface area contributed by atoms with Crippen molar-refractivity contribution in [3.63, 3.8) is 0 Å². The summed E-state index contributed by atoms with van der Waals surface area (Å²) in [6.07, 6.45) is 0.497. The minimum absolute atomic E-state index is 0.0257. The molecule has 0 atom stereocenters.